The predicted octanol–water partition coefficient (Wildman–Crippen LogP) is 0.924. The maximum Gasteiger partial charge on any atom is 0.272 e. The molecule has 0 unspecified atom stereocenters. The molecule has 0 bridgehead atoms. The van der Waals surface area contributed by atoms with Crippen molar-refractivity contribution in [3.05, 3.63) is 17.0 Å². The molecule has 4 heteroatoms. The number of aromatic nitrogens is 2. The lowest BCUT2D eigenvalue weighted by Gasteiger charge is -2.14. The highest BCUT2D eigenvalue weighted by molar-refractivity contribution is 6.66. The molecule has 0 atom stereocenters. The minimum Gasteiger partial charge on any atom is -0.272 e. The van der Waals surface area contributed by atoms with Crippen LogP contribution in [0.5, 0.6) is 0 Å². The lowest BCUT2D eigenvalue weighted by atomic mass is 9.42. The molecule has 3 nitrogen and oxygen atoms in total. The third-order valence-electron chi connectivity index (χ3n) is 2.84. The summed E-state index contributed by atoms with van der Waals surface area (Å²) in [6, 6.07) is 0. The topological polar surface area (TPSA) is 41.6 Å². The minimum atomic E-state index is 0.204. The molecule has 0 fully saturated rings. The van der Waals surface area contributed by atoms with Crippen LogP contribution in [0.25, 0.3) is 0 Å². The van der Waals surface area contributed by atoms with E-state index in [1.165, 1.54) is 11.3 Å². The van der Waals surface area contributed by atoms with E-state index in [9.17, 15) is 0 Å². The molecule has 1 aliphatic rings. The monoisotopic (exact) mass is 173 g/mol. The van der Waals surface area contributed by atoms with Gasteiger partial charge in [0.2, 0.25) is 0 Å². The molecule has 0 aromatic carbocycles. The zero-order chi connectivity index (χ0) is 9.42. The first-order chi connectivity index (χ1) is 6.22. The fourth-order valence-corrected chi connectivity index (χ4v) is 2.10. The van der Waals surface area contributed by atoms with Crippen molar-refractivity contribution in [1.82, 2.24) is 9.78 Å². The Morgan fingerprint density at radius 3 is 3.08 bits per heavy atom. The van der Waals surface area contributed by atoms with Gasteiger partial charge in [0.25, 0.3) is 6.71 Å². The van der Waals surface area contributed by atoms with Crippen LogP contribution in [0.3, 0.4) is 0 Å². The summed E-state index contributed by atoms with van der Waals surface area (Å²) in [5.74, 6) is 2.34. The van der Waals surface area contributed by atoms with Crippen LogP contribution in [-0.2, 0) is 19.8 Å². The van der Waals surface area contributed by atoms with Gasteiger partial charge < -0.3 is 0 Å². The van der Waals surface area contributed by atoms with Crippen LogP contribution in [0, 0.1) is 18.2 Å². The summed E-state index contributed by atoms with van der Waals surface area (Å²) in [7, 11) is 1.98. The van der Waals surface area contributed by atoms with Crippen molar-refractivity contribution < 1.29 is 0 Å². The van der Waals surface area contributed by atoms with E-state index in [1.807, 2.05) is 18.7 Å². The Morgan fingerprint density at radius 2 is 2.38 bits per heavy atom. The molecule has 0 spiro atoms. The number of rotatable bonds is 0. The summed E-state index contributed by atoms with van der Waals surface area (Å²) < 4.78 is 1.96. The number of nitrogens with zero attached hydrogens (tertiary/aromatic N) is 3. The summed E-state index contributed by atoms with van der Waals surface area (Å²) in [5, 5.41) is 13.2. The van der Waals surface area contributed by atoms with Gasteiger partial charge in [0.05, 0.1) is 5.69 Å². The van der Waals surface area contributed by atoms with Gasteiger partial charge in [0.1, 0.15) is 0 Å². The van der Waals surface area contributed by atoms with E-state index in [-0.39, 0.29) is 6.71 Å². The Labute approximate surface area is 78.4 Å². The van der Waals surface area contributed by atoms with Gasteiger partial charge in [-0.05, 0) is 25.2 Å². The summed E-state index contributed by atoms with van der Waals surface area (Å²) in [5.41, 5.74) is 3.72. The Kier molecular flexibility index (Phi) is 1.88. The lowest BCUT2D eigenvalue weighted by Crippen LogP contribution is -2.22. The van der Waals surface area contributed by atoms with Crippen LogP contribution in [0.4, 0.5) is 0 Å². The highest BCUT2D eigenvalue weighted by Gasteiger charge is 2.26. The number of aryl methyl sites for hydroxylation is 2. The van der Waals surface area contributed by atoms with Crippen LogP contribution in [0.1, 0.15) is 17.0 Å². The molecule has 0 radical (unpaired) electrons. The standard InChI is InChI=1S/C9H12BN3/c1-7-8-5-10(6-11)4-3-9(8)13(2)12-7/h3-5H2,1-2H3. The van der Waals surface area contributed by atoms with Crippen LogP contribution in [0.15, 0.2) is 0 Å². The van der Waals surface area contributed by atoms with Gasteiger partial charge in [-0.2, -0.15) is 5.10 Å². The van der Waals surface area contributed by atoms with Crippen molar-refractivity contribution in [2.24, 2.45) is 7.05 Å². The number of fused-ring (bicyclic) bond motifs is 1. The molecule has 0 aliphatic carbocycles. The van der Waals surface area contributed by atoms with Gasteiger partial charge in [-0.1, -0.05) is 6.32 Å². The van der Waals surface area contributed by atoms with Gasteiger partial charge in [0, 0.05) is 18.7 Å². The second-order valence-electron chi connectivity index (χ2n) is 3.70. The first-order valence-corrected chi connectivity index (χ1v) is 4.63. The Balaban J connectivity index is 2.40. The molecule has 0 amide bonds. The molecule has 0 saturated carbocycles. The van der Waals surface area contributed by atoms with Gasteiger partial charge in [0.15, 0.2) is 0 Å². The van der Waals surface area contributed by atoms with Gasteiger partial charge in [-0.15, -0.1) is 0 Å². The fourth-order valence-electron chi connectivity index (χ4n) is 2.10. The van der Waals surface area contributed by atoms with Gasteiger partial charge in [-0.3, -0.25) is 4.68 Å². The van der Waals surface area contributed by atoms with Crippen LogP contribution in [-0.4, -0.2) is 16.5 Å². The van der Waals surface area contributed by atoms with Gasteiger partial charge in [-0.25, -0.2) is 5.26 Å². The fraction of sp³-hybridized carbons (Fsp3) is 0.556. The first-order valence-electron chi connectivity index (χ1n) is 4.63. The average Bonchev–Trinajstić information content (AvgIpc) is 2.42. The molecular formula is C9H12BN3. The third kappa shape index (κ3) is 1.25. The van der Waals surface area contributed by atoms with Crippen molar-refractivity contribution in [1.29, 1.82) is 5.26 Å². The third-order valence-corrected chi connectivity index (χ3v) is 2.84. The largest absolute Gasteiger partial charge is 0.272 e. The van der Waals surface area contributed by atoms with E-state index >= 15 is 0 Å². The van der Waals surface area contributed by atoms with Crippen LogP contribution >= 0.6 is 0 Å². The van der Waals surface area contributed by atoms with E-state index < -0.39 is 0 Å². The van der Waals surface area contributed by atoms with E-state index in [0.717, 1.165) is 24.8 Å². The minimum absolute atomic E-state index is 0.204. The summed E-state index contributed by atoms with van der Waals surface area (Å²) in [4.78, 5) is 0. The van der Waals surface area contributed by atoms with E-state index in [0.29, 0.717) is 0 Å². The molecule has 0 N–H and O–H groups in total. The Morgan fingerprint density at radius 1 is 1.62 bits per heavy atom. The summed E-state index contributed by atoms with van der Waals surface area (Å²) in [6.07, 6.45) is 2.89. The molecule has 66 valence electrons. The summed E-state index contributed by atoms with van der Waals surface area (Å²) >= 11 is 0. The molecule has 2 heterocycles. The second-order valence-corrected chi connectivity index (χ2v) is 3.70. The van der Waals surface area contributed by atoms with Crippen molar-refractivity contribution >= 4 is 6.71 Å². The Hall–Kier alpha value is -1.24. The Bertz CT molecular complexity index is 375. The molecule has 1 aliphatic heterocycles. The lowest BCUT2D eigenvalue weighted by molar-refractivity contribution is 0.706. The SMILES string of the molecule is Cc1nn(C)c2c1CB(C#N)CC2. The van der Waals surface area contributed by atoms with Crippen molar-refractivity contribution in [3.63, 3.8) is 0 Å². The van der Waals surface area contributed by atoms with Crippen molar-refractivity contribution in [2.75, 3.05) is 0 Å². The maximum atomic E-state index is 8.84. The van der Waals surface area contributed by atoms with E-state index in [4.69, 9.17) is 5.26 Å². The number of hydrogen-bond acceptors (Lipinski definition) is 2. The van der Waals surface area contributed by atoms with Crippen molar-refractivity contribution in [2.45, 2.75) is 26.0 Å². The van der Waals surface area contributed by atoms with Gasteiger partial charge >= 0.3 is 0 Å². The second kappa shape index (κ2) is 2.92. The summed E-state index contributed by atoms with van der Waals surface area (Å²) in [6.45, 7) is 2.23. The first kappa shape index (κ1) is 8.37. The highest BCUT2D eigenvalue weighted by Crippen LogP contribution is 2.23. The molecule has 1 aromatic rings. The van der Waals surface area contributed by atoms with Crippen LogP contribution in [0.2, 0.25) is 6.32 Å². The zero-order valence-electron chi connectivity index (χ0n) is 8.04. The number of hydrogen-bond donors (Lipinski definition) is 0. The molecule has 1 aromatic heterocycles. The molecule has 13 heavy (non-hydrogen) atoms. The molecule has 0 saturated heterocycles. The van der Waals surface area contributed by atoms with Crippen molar-refractivity contribution in [3.8, 4) is 5.97 Å². The average molecular weight is 173 g/mol. The molecular weight excluding hydrogens is 161 g/mol. The number of nitriles is 1. The zero-order valence-corrected chi connectivity index (χ0v) is 8.04. The highest BCUT2D eigenvalue weighted by atomic mass is 15.3. The van der Waals surface area contributed by atoms with E-state index in [1.54, 1.807) is 0 Å². The van der Waals surface area contributed by atoms with E-state index in [2.05, 4.69) is 11.1 Å². The predicted molar refractivity (Wildman–Crippen MR) is 51.5 cm³/mol. The smallest absolute Gasteiger partial charge is 0.272 e. The quantitative estimate of drug-likeness (QED) is 0.547. The maximum absolute atomic E-state index is 8.84. The molecule has 2 rings (SSSR count). The van der Waals surface area contributed by atoms with Crippen LogP contribution < -0.4 is 0 Å². The normalized spacial score (nSPS) is 15.3.